The Balaban J connectivity index is 0.00000192. The van der Waals surface area contributed by atoms with Crippen molar-refractivity contribution in [3.8, 4) is 5.75 Å². The van der Waals surface area contributed by atoms with Crippen molar-refractivity contribution < 1.29 is 4.74 Å². The van der Waals surface area contributed by atoms with Crippen LogP contribution in [0.1, 0.15) is 18.4 Å². The molecule has 0 amide bonds. The van der Waals surface area contributed by atoms with Crippen molar-refractivity contribution in [1.82, 2.24) is 10.2 Å². The molecule has 2 aromatic rings. The van der Waals surface area contributed by atoms with E-state index >= 15 is 0 Å². The second-order valence-electron chi connectivity index (χ2n) is 6.25. The number of nitrogens with one attached hydrogen (secondary N) is 1. The molecule has 3 rings (SSSR count). The molecular formula is C19H27ClN2O. The van der Waals surface area contributed by atoms with E-state index in [1.165, 1.54) is 42.3 Å². The molecule has 1 fully saturated rings. The second kappa shape index (κ2) is 8.53. The Labute approximate surface area is 145 Å². The number of piperidine rings is 1. The third-order valence-corrected chi connectivity index (χ3v) is 4.79. The van der Waals surface area contributed by atoms with E-state index in [-0.39, 0.29) is 12.4 Å². The molecule has 23 heavy (non-hydrogen) atoms. The highest BCUT2D eigenvalue weighted by molar-refractivity contribution is 5.91. The zero-order valence-corrected chi connectivity index (χ0v) is 14.9. The predicted molar refractivity (Wildman–Crippen MR) is 99.7 cm³/mol. The van der Waals surface area contributed by atoms with Crippen molar-refractivity contribution in [3.05, 3.63) is 42.0 Å². The maximum atomic E-state index is 5.49. The summed E-state index contributed by atoms with van der Waals surface area (Å²) in [6.45, 7) is 4.59. The summed E-state index contributed by atoms with van der Waals surface area (Å²) in [5, 5.41) is 5.84. The van der Waals surface area contributed by atoms with Gasteiger partial charge >= 0.3 is 0 Å². The number of fused-ring (bicyclic) bond motifs is 1. The van der Waals surface area contributed by atoms with Crippen molar-refractivity contribution in [2.24, 2.45) is 5.92 Å². The molecule has 1 N–H and O–H groups in total. The van der Waals surface area contributed by atoms with Gasteiger partial charge in [-0.15, -0.1) is 12.4 Å². The van der Waals surface area contributed by atoms with Crippen LogP contribution in [0.15, 0.2) is 36.4 Å². The van der Waals surface area contributed by atoms with Crippen molar-refractivity contribution in [2.75, 3.05) is 33.8 Å². The van der Waals surface area contributed by atoms with Gasteiger partial charge in [-0.2, -0.15) is 0 Å². The van der Waals surface area contributed by atoms with Crippen LogP contribution in [0.2, 0.25) is 0 Å². The van der Waals surface area contributed by atoms with Gasteiger partial charge in [0.15, 0.2) is 0 Å². The van der Waals surface area contributed by atoms with Crippen LogP contribution in [0.4, 0.5) is 0 Å². The number of hydrogen-bond acceptors (Lipinski definition) is 3. The number of halogens is 1. The molecular weight excluding hydrogens is 308 g/mol. The fraction of sp³-hybridized carbons (Fsp3) is 0.474. The predicted octanol–water partition coefficient (Wildman–Crippen LogP) is 3.70. The number of benzene rings is 2. The smallest absolute Gasteiger partial charge is 0.126 e. The van der Waals surface area contributed by atoms with Crippen molar-refractivity contribution in [3.63, 3.8) is 0 Å². The fourth-order valence-electron chi connectivity index (χ4n) is 3.53. The van der Waals surface area contributed by atoms with E-state index in [0.717, 1.165) is 24.8 Å². The largest absolute Gasteiger partial charge is 0.496 e. The first kappa shape index (κ1) is 18.1. The average Bonchev–Trinajstić information content (AvgIpc) is 2.57. The molecule has 0 saturated carbocycles. The molecule has 0 bridgehead atoms. The standard InChI is InChI=1S/C19H26N2O.ClH/c1-20-13-15-9-11-21(12-10-15)14-16-7-8-19(22-2)18-6-4-3-5-17(16)18;/h3-8,15,20H,9-14H2,1-2H3;1H. The first-order chi connectivity index (χ1) is 10.8. The van der Waals surface area contributed by atoms with Crippen LogP contribution in [-0.2, 0) is 6.54 Å². The van der Waals surface area contributed by atoms with Gasteiger partial charge in [-0.3, -0.25) is 4.90 Å². The van der Waals surface area contributed by atoms with Gasteiger partial charge in [0.25, 0.3) is 0 Å². The highest BCUT2D eigenvalue weighted by Gasteiger charge is 2.19. The van der Waals surface area contributed by atoms with Crippen LogP contribution in [0.25, 0.3) is 10.8 Å². The minimum absolute atomic E-state index is 0. The van der Waals surface area contributed by atoms with Gasteiger partial charge in [0.2, 0.25) is 0 Å². The first-order valence-electron chi connectivity index (χ1n) is 8.23. The number of likely N-dealkylation sites (tertiary alicyclic amines) is 1. The molecule has 1 aliphatic heterocycles. The Morgan fingerprint density at radius 1 is 1.09 bits per heavy atom. The fourth-order valence-corrected chi connectivity index (χ4v) is 3.53. The summed E-state index contributed by atoms with van der Waals surface area (Å²) in [4.78, 5) is 2.58. The Bertz CT molecular complexity index is 624. The number of methoxy groups -OCH3 is 1. The SMILES string of the molecule is CNCC1CCN(Cc2ccc(OC)c3ccccc23)CC1.Cl. The maximum Gasteiger partial charge on any atom is 0.126 e. The average molecular weight is 335 g/mol. The van der Waals surface area contributed by atoms with Gasteiger partial charge in [0.1, 0.15) is 5.75 Å². The molecule has 126 valence electrons. The normalized spacial score (nSPS) is 16.3. The molecule has 0 aromatic heterocycles. The Kier molecular flexibility index (Phi) is 6.70. The van der Waals surface area contributed by atoms with Crippen LogP contribution in [0.5, 0.6) is 5.75 Å². The summed E-state index contributed by atoms with van der Waals surface area (Å²) < 4.78 is 5.49. The number of ether oxygens (including phenoxy) is 1. The van der Waals surface area contributed by atoms with Gasteiger partial charge < -0.3 is 10.1 Å². The molecule has 0 unspecified atom stereocenters. The van der Waals surface area contributed by atoms with Crippen LogP contribution < -0.4 is 10.1 Å². The van der Waals surface area contributed by atoms with E-state index in [0.29, 0.717) is 0 Å². The quantitative estimate of drug-likeness (QED) is 0.902. The summed E-state index contributed by atoms with van der Waals surface area (Å²) in [5.74, 6) is 1.81. The topological polar surface area (TPSA) is 24.5 Å². The van der Waals surface area contributed by atoms with Crippen molar-refractivity contribution in [2.45, 2.75) is 19.4 Å². The van der Waals surface area contributed by atoms with E-state index in [1.807, 2.05) is 0 Å². The lowest BCUT2D eigenvalue weighted by Gasteiger charge is -2.32. The van der Waals surface area contributed by atoms with E-state index in [1.54, 1.807) is 7.11 Å². The maximum absolute atomic E-state index is 5.49. The second-order valence-corrected chi connectivity index (χ2v) is 6.25. The molecule has 4 heteroatoms. The van der Waals surface area contributed by atoms with E-state index < -0.39 is 0 Å². The zero-order valence-electron chi connectivity index (χ0n) is 14.0. The first-order valence-corrected chi connectivity index (χ1v) is 8.23. The highest BCUT2D eigenvalue weighted by atomic mass is 35.5. The van der Waals surface area contributed by atoms with E-state index in [4.69, 9.17) is 4.74 Å². The van der Waals surface area contributed by atoms with Gasteiger partial charge in [0.05, 0.1) is 7.11 Å². The molecule has 0 spiro atoms. The summed E-state index contributed by atoms with van der Waals surface area (Å²) in [7, 11) is 3.80. The van der Waals surface area contributed by atoms with Crippen LogP contribution in [-0.4, -0.2) is 38.7 Å². The molecule has 0 radical (unpaired) electrons. The number of nitrogens with zero attached hydrogens (tertiary/aromatic N) is 1. The van der Waals surface area contributed by atoms with Crippen molar-refractivity contribution >= 4 is 23.2 Å². The van der Waals surface area contributed by atoms with Gasteiger partial charge in [-0.05, 0) is 62.5 Å². The molecule has 0 atom stereocenters. The summed E-state index contributed by atoms with van der Waals surface area (Å²) in [5.41, 5.74) is 1.41. The van der Waals surface area contributed by atoms with Crippen LogP contribution >= 0.6 is 12.4 Å². The number of rotatable bonds is 5. The highest BCUT2D eigenvalue weighted by Crippen LogP contribution is 2.29. The van der Waals surface area contributed by atoms with Gasteiger partial charge in [-0.1, -0.05) is 30.3 Å². The molecule has 1 saturated heterocycles. The lowest BCUT2D eigenvalue weighted by molar-refractivity contribution is 0.177. The summed E-state index contributed by atoms with van der Waals surface area (Å²) in [6.07, 6.45) is 2.60. The molecule has 0 aliphatic carbocycles. The van der Waals surface area contributed by atoms with Gasteiger partial charge in [0, 0.05) is 11.9 Å². The Morgan fingerprint density at radius 3 is 2.43 bits per heavy atom. The van der Waals surface area contributed by atoms with Crippen molar-refractivity contribution in [1.29, 1.82) is 0 Å². The third kappa shape index (κ3) is 4.17. The third-order valence-electron chi connectivity index (χ3n) is 4.79. The summed E-state index contributed by atoms with van der Waals surface area (Å²) >= 11 is 0. The lowest BCUT2D eigenvalue weighted by atomic mass is 9.96. The molecule has 3 nitrogen and oxygen atoms in total. The lowest BCUT2D eigenvalue weighted by Crippen LogP contribution is -2.36. The zero-order chi connectivity index (χ0) is 15.4. The monoisotopic (exact) mass is 334 g/mol. The Morgan fingerprint density at radius 2 is 1.78 bits per heavy atom. The Hall–Kier alpha value is -1.29. The van der Waals surface area contributed by atoms with Gasteiger partial charge in [-0.25, -0.2) is 0 Å². The molecule has 1 aliphatic rings. The molecule has 1 heterocycles. The van der Waals surface area contributed by atoms with E-state index in [9.17, 15) is 0 Å². The van der Waals surface area contributed by atoms with E-state index in [2.05, 4.69) is 53.7 Å². The van der Waals surface area contributed by atoms with Crippen LogP contribution in [0.3, 0.4) is 0 Å². The number of hydrogen-bond donors (Lipinski definition) is 1. The molecule has 2 aromatic carbocycles. The van der Waals surface area contributed by atoms with Crippen LogP contribution in [0, 0.1) is 5.92 Å². The summed E-state index contributed by atoms with van der Waals surface area (Å²) in [6, 6.07) is 12.9. The minimum atomic E-state index is 0. The minimum Gasteiger partial charge on any atom is -0.496 e.